The van der Waals surface area contributed by atoms with Gasteiger partial charge >= 0.3 is 0 Å². The van der Waals surface area contributed by atoms with Gasteiger partial charge in [0.1, 0.15) is 11.8 Å². The number of carbonyl (C=O) groups is 1. The van der Waals surface area contributed by atoms with Gasteiger partial charge in [-0.1, -0.05) is 19.3 Å². The molecular weight excluding hydrogens is 200 g/mol. The third-order valence-electron chi connectivity index (χ3n) is 3.33. The van der Waals surface area contributed by atoms with E-state index in [0.717, 1.165) is 12.8 Å². The third kappa shape index (κ3) is 2.33. The van der Waals surface area contributed by atoms with Crippen LogP contribution in [0.3, 0.4) is 0 Å². The van der Waals surface area contributed by atoms with Crippen LogP contribution in [0.15, 0.2) is 18.3 Å². The number of nitriles is 1. The number of Topliss-reactive ketones (excluding diaryl/α,β-unsaturated/α-hetero) is 1. The Bertz CT molecular complexity index is 408. The van der Waals surface area contributed by atoms with Crippen molar-refractivity contribution in [1.29, 1.82) is 5.26 Å². The van der Waals surface area contributed by atoms with Gasteiger partial charge in [-0.15, -0.1) is 0 Å². The van der Waals surface area contributed by atoms with Crippen LogP contribution in [-0.4, -0.2) is 10.4 Å². The van der Waals surface area contributed by atoms with Crippen molar-refractivity contribution in [3.05, 3.63) is 24.0 Å². The highest BCUT2D eigenvalue weighted by atomic mass is 16.1. The van der Waals surface area contributed by atoms with E-state index >= 15 is 0 Å². The molecule has 0 bridgehead atoms. The first-order chi connectivity index (χ1) is 7.81. The van der Waals surface area contributed by atoms with Gasteiger partial charge in [-0.05, 0) is 25.0 Å². The van der Waals surface area contributed by atoms with E-state index in [9.17, 15) is 4.79 Å². The van der Waals surface area contributed by atoms with Gasteiger partial charge in [-0.25, -0.2) is 0 Å². The summed E-state index contributed by atoms with van der Waals surface area (Å²) in [6.07, 6.45) is 7.47. The zero-order chi connectivity index (χ0) is 11.4. The summed E-state index contributed by atoms with van der Waals surface area (Å²) in [5.41, 5.74) is 0.573. The number of rotatable bonds is 3. The maximum Gasteiger partial charge on any atom is 0.155 e. The van der Waals surface area contributed by atoms with Crippen LogP contribution >= 0.6 is 0 Å². The number of hydrogen-bond acceptors (Lipinski definition) is 2. The van der Waals surface area contributed by atoms with E-state index in [2.05, 4.69) is 6.07 Å². The molecule has 16 heavy (non-hydrogen) atoms. The van der Waals surface area contributed by atoms with Gasteiger partial charge in [0.2, 0.25) is 0 Å². The van der Waals surface area contributed by atoms with Crippen molar-refractivity contribution in [2.45, 2.75) is 38.6 Å². The van der Waals surface area contributed by atoms with Crippen LogP contribution in [0.4, 0.5) is 0 Å². The minimum Gasteiger partial charge on any atom is -0.332 e. The summed E-state index contributed by atoms with van der Waals surface area (Å²) in [4.78, 5) is 12.0. The van der Waals surface area contributed by atoms with Crippen molar-refractivity contribution < 1.29 is 4.79 Å². The number of nitrogens with zero attached hydrogens (tertiary/aromatic N) is 2. The summed E-state index contributed by atoms with van der Waals surface area (Å²) in [5.74, 6) is 0.509. The molecular formula is C13H16N2O. The molecule has 0 N–H and O–H groups in total. The molecule has 1 saturated carbocycles. The summed E-state index contributed by atoms with van der Waals surface area (Å²) in [6, 6.07) is 5.65. The zero-order valence-electron chi connectivity index (χ0n) is 9.35. The molecule has 1 aliphatic rings. The van der Waals surface area contributed by atoms with Gasteiger partial charge in [0.25, 0.3) is 0 Å². The predicted molar refractivity (Wildman–Crippen MR) is 60.7 cm³/mol. The number of hydrogen-bond donors (Lipinski definition) is 0. The van der Waals surface area contributed by atoms with Crippen molar-refractivity contribution in [3.63, 3.8) is 0 Å². The topological polar surface area (TPSA) is 45.8 Å². The Balaban J connectivity index is 1.99. The summed E-state index contributed by atoms with van der Waals surface area (Å²) >= 11 is 0. The first kappa shape index (κ1) is 10.9. The lowest BCUT2D eigenvalue weighted by molar-refractivity contribution is -0.124. The smallest absolute Gasteiger partial charge is 0.155 e. The minimum atomic E-state index is 0.225. The van der Waals surface area contributed by atoms with Crippen LogP contribution in [0.25, 0.3) is 0 Å². The SMILES string of the molecule is N#Cc1cccn1CC(=O)C1CCCCC1. The zero-order valence-corrected chi connectivity index (χ0v) is 9.35. The van der Waals surface area contributed by atoms with E-state index < -0.39 is 0 Å². The Morgan fingerprint density at radius 1 is 1.44 bits per heavy atom. The fraction of sp³-hybridized carbons (Fsp3) is 0.538. The number of ketones is 1. The van der Waals surface area contributed by atoms with Gasteiger partial charge in [0.15, 0.2) is 5.78 Å². The van der Waals surface area contributed by atoms with Crippen molar-refractivity contribution in [1.82, 2.24) is 4.57 Å². The molecule has 0 atom stereocenters. The number of aromatic nitrogens is 1. The van der Waals surface area contributed by atoms with Gasteiger partial charge < -0.3 is 4.57 Å². The highest BCUT2D eigenvalue weighted by Crippen LogP contribution is 2.24. The molecule has 0 unspecified atom stereocenters. The molecule has 84 valence electrons. The lowest BCUT2D eigenvalue weighted by atomic mass is 9.86. The molecule has 1 aliphatic carbocycles. The van der Waals surface area contributed by atoms with Crippen molar-refractivity contribution in [2.24, 2.45) is 5.92 Å². The Morgan fingerprint density at radius 2 is 2.19 bits per heavy atom. The van der Waals surface area contributed by atoms with Crippen molar-refractivity contribution in [2.75, 3.05) is 0 Å². The van der Waals surface area contributed by atoms with E-state index in [1.54, 1.807) is 16.8 Å². The number of carbonyl (C=O) groups excluding carboxylic acids is 1. The lowest BCUT2D eigenvalue weighted by Gasteiger charge is -2.20. The Morgan fingerprint density at radius 3 is 2.88 bits per heavy atom. The first-order valence-corrected chi connectivity index (χ1v) is 5.89. The molecule has 0 aliphatic heterocycles. The Kier molecular flexibility index (Phi) is 3.40. The highest BCUT2D eigenvalue weighted by Gasteiger charge is 2.21. The molecule has 0 aromatic carbocycles. The molecule has 3 heteroatoms. The minimum absolute atomic E-state index is 0.225. The second-order valence-electron chi connectivity index (χ2n) is 4.43. The van der Waals surface area contributed by atoms with Crippen LogP contribution in [0.2, 0.25) is 0 Å². The predicted octanol–water partition coefficient (Wildman–Crippen LogP) is 2.51. The van der Waals surface area contributed by atoms with Crippen LogP contribution in [0.5, 0.6) is 0 Å². The van der Waals surface area contributed by atoms with E-state index in [4.69, 9.17) is 5.26 Å². The van der Waals surface area contributed by atoms with Gasteiger partial charge in [0.05, 0.1) is 6.54 Å². The van der Waals surface area contributed by atoms with E-state index in [1.807, 2.05) is 6.07 Å². The van der Waals surface area contributed by atoms with Crippen molar-refractivity contribution >= 4 is 5.78 Å². The molecule has 1 fully saturated rings. The van der Waals surface area contributed by atoms with E-state index in [1.165, 1.54) is 19.3 Å². The molecule has 2 rings (SSSR count). The molecule has 0 spiro atoms. The van der Waals surface area contributed by atoms with Crippen molar-refractivity contribution in [3.8, 4) is 6.07 Å². The molecule has 0 saturated heterocycles. The highest BCUT2D eigenvalue weighted by molar-refractivity contribution is 5.81. The fourth-order valence-corrected chi connectivity index (χ4v) is 2.38. The standard InChI is InChI=1S/C13H16N2O/c14-9-12-7-4-8-15(12)10-13(16)11-5-2-1-3-6-11/h4,7-8,11H,1-3,5-6,10H2. The average molecular weight is 216 g/mol. The summed E-state index contributed by atoms with van der Waals surface area (Å²) < 4.78 is 1.75. The van der Waals surface area contributed by atoms with Crippen LogP contribution in [0, 0.1) is 17.2 Å². The monoisotopic (exact) mass is 216 g/mol. The van der Waals surface area contributed by atoms with Gasteiger partial charge in [0, 0.05) is 12.1 Å². The summed E-state index contributed by atoms with van der Waals surface area (Å²) in [7, 11) is 0. The fourth-order valence-electron chi connectivity index (χ4n) is 2.38. The first-order valence-electron chi connectivity index (χ1n) is 5.89. The van der Waals surface area contributed by atoms with E-state index in [0.29, 0.717) is 12.2 Å². The third-order valence-corrected chi connectivity index (χ3v) is 3.33. The molecule has 0 amide bonds. The van der Waals surface area contributed by atoms with E-state index in [-0.39, 0.29) is 11.7 Å². The lowest BCUT2D eigenvalue weighted by Crippen LogP contribution is -2.22. The molecule has 0 radical (unpaired) electrons. The molecule has 1 aromatic rings. The molecule has 3 nitrogen and oxygen atoms in total. The second kappa shape index (κ2) is 4.98. The van der Waals surface area contributed by atoms with Crippen LogP contribution in [0.1, 0.15) is 37.8 Å². The van der Waals surface area contributed by atoms with Crippen LogP contribution in [-0.2, 0) is 11.3 Å². The largest absolute Gasteiger partial charge is 0.332 e. The van der Waals surface area contributed by atoms with Gasteiger partial charge in [-0.3, -0.25) is 4.79 Å². The maximum absolute atomic E-state index is 12.0. The summed E-state index contributed by atoms with van der Waals surface area (Å²) in [5, 5.41) is 8.85. The molecule has 1 heterocycles. The Labute approximate surface area is 95.7 Å². The molecule has 1 aromatic heterocycles. The maximum atomic E-state index is 12.0. The average Bonchev–Trinajstić information content (AvgIpc) is 2.77. The second-order valence-corrected chi connectivity index (χ2v) is 4.43. The normalized spacial score (nSPS) is 16.9. The Hall–Kier alpha value is -1.56. The summed E-state index contributed by atoms with van der Waals surface area (Å²) in [6.45, 7) is 0.362. The quantitative estimate of drug-likeness (QED) is 0.779. The van der Waals surface area contributed by atoms with Gasteiger partial charge in [-0.2, -0.15) is 5.26 Å². The van der Waals surface area contributed by atoms with Crippen LogP contribution < -0.4 is 0 Å².